The highest BCUT2D eigenvalue weighted by molar-refractivity contribution is 6.22. The highest BCUT2D eigenvalue weighted by atomic mass is 16.3. The van der Waals surface area contributed by atoms with Crippen molar-refractivity contribution in [2.24, 2.45) is 0 Å². The fraction of sp³-hybridized carbons (Fsp3) is 0. The van der Waals surface area contributed by atoms with Crippen LogP contribution in [0.15, 0.2) is 247 Å². The predicted octanol–water partition coefficient (Wildman–Crippen LogP) is 16.5. The molecule has 0 aliphatic heterocycles. The third-order valence-corrected chi connectivity index (χ3v) is 13.1. The molecule has 0 unspecified atom stereocenters. The second kappa shape index (κ2) is 16.4. The van der Waals surface area contributed by atoms with E-state index in [0.29, 0.717) is 17.5 Å². The Balaban J connectivity index is 0.981. The molecule has 5 nitrogen and oxygen atoms in total. The highest BCUT2D eigenvalue weighted by Gasteiger charge is 2.23. The Morgan fingerprint density at radius 2 is 0.721 bits per heavy atom. The summed E-state index contributed by atoms with van der Waals surface area (Å²) in [6.45, 7) is 0. The van der Waals surface area contributed by atoms with Crippen LogP contribution in [0.2, 0.25) is 0 Å². The van der Waals surface area contributed by atoms with E-state index in [0.717, 1.165) is 99.5 Å². The normalized spacial score (nSPS) is 11.5. The van der Waals surface area contributed by atoms with Crippen LogP contribution in [-0.4, -0.2) is 19.5 Å². The molecule has 13 aromatic rings. The van der Waals surface area contributed by atoms with Crippen molar-refractivity contribution in [3.8, 4) is 84.4 Å². The summed E-state index contributed by atoms with van der Waals surface area (Å²) in [5.74, 6) is 1.70. The molecule has 0 fully saturated rings. The molecular weight excluding hydrogens is 829 g/mol. The number of hydrogen-bond donors (Lipinski definition) is 0. The summed E-state index contributed by atoms with van der Waals surface area (Å²) in [4.78, 5) is 15.7. The van der Waals surface area contributed by atoms with Gasteiger partial charge in [-0.3, -0.25) is 0 Å². The first kappa shape index (κ1) is 39.2. The lowest BCUT2D eigenvalue weighted by Gasteiger charge is -2.11. The van der Waals surface area contributed by atoms with Gasteiger partial charge in [-0.25, -0.2) is 15.0 Å². The monoisotopic (exact) mass is 868 g/mol. The number of nitrogens with zero attached hydrogens (tertiary/aromatic N) is 4. The van der Waals surface area contributed by atoms with Gasteiger partial charge in [0, 0.05) is 38.4 Å². The number of hydrogen-bond acceptors (Lipinski definition) is 4. The highest BCUT2D eigenvalue weighted by Crippen LogP contribution is 2.43. The van der Waals surface area contributed by atoms with Gasteiger partial charge in [-0.2, -0.15) is 0 Å². The number of benzene rings is 10. The van der Waals surface area contributed by atoms with Gasteiger partial charge in [-0.15, -0.1) is 0 Å². The van der Waals surface area contributed by atoms with Gasteiger partial charge in [0.05, 0.1) is 16.6 Å². The van der Waals surface area contributed by atoms with Gasteiger partial charge in [-0.05, 0) is 80.9 Å². The molecule has 0 aliphatic carbocycles. The SMILES string of the molecule is c1ccc(-c2ccc(-c3cccc(-n4c5ccccc5c5ccc6c7cccc(-c8nc(-c9ccc(-c%10ccccc%10)cc9)nc(-c9cccc(-c%10ccccc%10)c9)n8)c7oc6c54)c3)cc2)cc1. The first-order chi connectivity index (χ1) is 33.7. The van der Waals surface area contributed by atoms with E-state index in [2.05, 4.69) is 235 Å². The minimum Gasteiger partial charge on any atom is -0.453 e. The van der Waals surface area contributed by atoms with Crippen molar-refractivity contribution in [1.82, 2.24) is 19.5 Å². The first-order valence-corrected chi connectivity index (χ1v) is 22.9. The molecule has 68 heavy (non-hydrogen) atoms. The molecule has 0 spiro atoms. The topological polar surface area (TPSA) is 56.7 Å². The van der Waals surface area contributed by atoms with Crippen molar-refractivity contribution in [2.75, 3.05) is 0 Å². The number of furan rings is 1. The standard InChI is InChI=1S/C63H40N4O/c1-4-15-41(16-5-1)44-29-31-46(32-30-44)49-22-13-24-51(40-49)67-57-28-11-10-25-52(57)53-37-38-55-54-26-14-27-56(59(54)68-60(55)58(53)67)63-65-61(47-35-33-45(34-36-47)42-17-6-2-7-18-42)64-62(66-63)50-23-12-21-48(39-50)43-19-8-3-9-20-43/h1-40H. The molecule has 0 bridgehead atoms. The van der Waals surface area contributed by atoms with Crippen molar-refractivity contribution in [3.05, 3.63) is 243 Å². The summed E-state index contributed by atoms with van der Waals surface area (Å²) in [6.07, 6.45) is 0. The molecule has 10 aromatic carbocycles. The maximum absolute atomic E-state index is 7.22. The fourth-order valence-electron chi connectivity index (χ4n) is 9.72. The molecule has 0 radical (unpaired) electrons. The van der Waals surface area contributed by atoms with E-state index >= 15 is 0 Å². The van der Waals surface area contributed by atoms with Crippen LogP contribution in [0.5, 0.6) is 0 Å². The van der Waals surface area contributed by atoms with Crippen LogP contribution in [0.1, 0.15) is 0 Å². The van der Waals surface area contributed by atoms with E-state index < -0.39 is 0 Å². The molecule has 5 heteroatoms. The zero-order valence-electron chi connectivity index (χ0n) is 36.8. The van der Waals surface area contributed by atoms with Gasteiger partial charge >= 0.3 is 0 Å². The number of fused-ring (bicyclic) bond motifs is 7. The lowest BCUT2D eigenvalue weighted by molar-refractivity contribution is 0.671. The molecule has 318 valence electrons. The van der Waals surface area contributed by atoms with Crippen LogP contribution in [0.25, 0.3) is 128 Å². The molecule has 0 aliphatic rings. The van der Waals surface area contributed by atoms with Crippen LogP contribution in [-0.2, 0) is 0 Å². The predicted molar refractivity (Wildman–Crippen MR) is 279 cm³/mol. The van der Waals surface area contributed by atoms with Gasteiger partial charge in [0.25, 0.3) is 0 Å². The third kappa shape index (κ3) is 6.84. The van der Waals surface area contributed by atoms with Gasteiger partial charge in [0.1, 0.15) is 5.58 Å². The van der Waals surface area contributed by atoms with E-state index in [9.17, 15) is 0 Å². The zero-order valence-corrected chi connectivity index (χ0v) is 36.8. The number of para-hydroxylation sites is 2. The summed E-state index contributed by atoms with van der Waals surface area (Å²) >= 11 is 0. The summed E-state index contributed by atoms with van der Waals surface area (Å²) in [6, 6.07) is 85.1. The third-order valence-electron chi connectivity index (χ3n) is 13.1. The zero-order chi connectivity index (χ0) is 45.0. The minimum absolute atomic E-state index is 0.537. The molecule has 3 heterocycles. The van der Waals surface area contributed by atoms with Gasteiger partial charge < -0.3 is 8.98 Å². The number of rotatable bonds is 8. The Morgan fingerprint density at radius 1 is 0.279 bits per heavy atom. The van der Waals surface area contributed by atoms with E-state index in [4.69, 9.17) is 19.4 Å². The molecular formula is C63H40N4O. The van der Waals surface area contributed by atoms with Crippen LogP contribution < -0.4 is 0 Å². The largest absolute Gasteiger partial charge is 0.453 e. The second-order valence-corrected chi connectivity index (χ2v) is 17.2. The molecule has 0 saturated carbocycles. The van der Waals surface area contributed by atoms with Crippen molar-refractivity contribution >= 4 is 43.7 Å². The fourth-order valence-corrected chi connectivity index (χ4v) is 9.72. The molecule has 0 N–H and O–H groups in total. The number of aromatic nitrogens is 4. The Hall–Kier alpha value is -9.19. The van der Waals surface area contributed by atoms with E-state index in [1.165, 1.54) is 11.1 Å². The average molecular weight is 869 g/mol. The summed E-state index contributed by atoms with van der Waals surface area (Å²) in [5.41, 5.74) is 16.5. The lowest BCUT2D eigenvalue weighted by Crippen LogP contribution is -2.00. The van der Waals surface area contributed by atoms with Crippen LogP contribution in [0.4, 0.5) is 0 Å². The quantitative estimate of drug-likeness (QED) is 0.153. The van der Waals surface area contributed by atoms with Crippen LogP contribution in [0.3, 0.4) is 0 Å². The van der Waals surface area contributed by atoms with Crippen molar-refractivity contribution in [1.29, 1.82) is 0 Å². The van der Waals surface area contributed by atoms with Gasteiger partial charge in [0.2, 0.25) is 0 Å². The summed E-state index contributed by atoms with van der Waals surface area (Å²) in [5, 5.41) is 4.29. The average Bonchev–Trinajstić information content (AvgIpc) is 3.98. The molecule has 0 atom stereocenters. The van der Waals surface area contributed by atoms with Crippen molar-refractivity contribution in [3.63, 3.8) is 0 Å². The minimum atomic E-state index is 0.537. The summed E-state index contributed by atoms with van der Waals surface area (Å²) in [7, 11) is 0. The lowest BCUT2D eigenvalue weighted by atomic mass is 10.00. The van der Waals surface area contributed by atoms with Gasteiger partial charge in [0.15, 0.2) is 23.1 Å². The van der Waals surface area contributed by atoms with E-state index in [1.54, 1.807) is 0 Å². The Labute approximate surface area is 392 Å². The van der Waals surface area contributed by atoms with Gasteiger partial charge in [-0.1, -0.05) is 206 Å². The van der Waals surface area contributed by atoms with E-state index in [-0.39, 0.29) is 0 Å². The van der Waals surface area contributed by atoms with Crippen LogP contribution >= 0.6 is 0 Å². The molecule has 3 aromatic heterocycles. The maximum atomic E-state index is 7.22. The first-order valence-electron chi connectivity index (χ1n) is 22.9. The maximum Gasteiger partial charge on any atom is 0.167 e. The Bertz CT molecular complexity index is 3990. The molecule has 0 amide bonds. The van der Waals surface area contributed by atoms with Crippen molar-refractivity contribution in [2.45, 2.75) is 0 Å². The second-order valence-electron chi connectivity index (χ2n) is 17.2. The van der Waals surface area contributed by atoms with Crippen molar-refractivity contribution < 1.29 is 4.42 Å². The Morgan fingerprint density at radius 3 is 1.40 bits per heavy atom. The summed E-state index contributed by atoms with van der Waals surface area (Å²) < 4.78 is 9.58. The van der Waals surface area contributed by atoms with Crippen LogP contribution in [0, 0.1) is 0 Å². The van der Waals surface area contributed by atoms with E-state index in [1.807, 2.05) is 12.1 Å². The molecule has 0 saturated heterocycles. The molecule has 13 rings (SSSR count). The Kier molecular flexibility index (Phi) is 9.43. The smallest absolute Gasteiger partial charge is 0.167 e.